The summed E-state index contributed by atoms with van der Waals surface area (Å²) < 4.78 is 32.3. The number of carbonyl (C=O) groups excluding carboxylic acids is 1. The Morgan fingerprint density at radius 1 is 1.32 bits per heavy atom. The van der Waals surface area contributed by atoms with Crippen LogP contribution in [0.1, 0.15) is 20.8 Å². The summed E-state index contributed by atoms with van der Waals surface area (Å²) >= 11 is 4.23. The van der Waals surface area contributed by atoms with Gasteiger partial charge in [-0.25, -0.2) is 18.2 Å². The predicted octanol–water partition coefficient (Wildman–Crippen LogP) is 2.15. The Morgan fingerprint density at radius 2 is 1.91 bits per heavy atom. The molecule has 0 aromatic carbocycles. The molecule has 1 saturated heterocycles. The second kappa shape index (κ2) is 6.42. The number of sulfonamides is 1. The number of nitrogens with zero attached hydrogens (tertiary/aromatic N) is 3. The van der Waals surface area contributed by atoms with Gasteiger partial charge >= 0.3 is 6.09 Å². The number of ether oxygens (including phenoxy) is 1. The van der Waals surface area contributed by atoms with Gasteiger partial charge in [0.05, 0.1) is 6.20 Å². The van der Waals surface area contributed by atoms with Gasteiger partial charge in [-0.15, -0.1) is 0 Å². The average Bonchev–Trinajstić information content (AvgIpc) is 2.84. The summed E-state index contributed by atoms with van der Waals surface area (Å²) in [5, 5.41) is 0. The maximum absolute atomic E-state index is 12.4. The van der Waals surface area contributed by atoms with Crippen molar-refractivity contribution >= 4 is 43.4 Å². The van der Waals surface area contributed by atoms with Gasteiger partial charge in [0.25, 0.3) is 10.0 Å². The molecule has 0 N–H and O–H groups in total. The van der Waals surface area contributed by atoms with E-state index in [0.717, 1.165) is 11.3 Å². The van der Waals surface area contributed by atoms with Crippen LogP contribution in [0.25, 0.3) is 0 Å². The fraction of sp³-hybridized carbons (Fsp3) is 0.667. The zero-order valence-corrected chi connectivity index (χ0v) is 15.8. The Kier molecular flexibility index (Phi) is 5.15. The molecular weight excluding hydrogens is 394 g/mol. The van der Waals surface area contributed by atoms with Crippen molar-refractivity contribution < 1.29 is 17.9 Å². The van der Waals surface area contributed by atoms with Crippen molar-refractivity contribution in [3.05, 3.63) is 10.1 Å². The van der Waals surface area contributed by atoms with Crippen LogP contribution in [0.5, 0.6) is 0 Å². The second-order valence-electron chi connectivity index (χ2n) is 5.80. The zero-order chi connectivity index (χ0) is 16.5. The van der Waals surface area contributed by atoms with Crippen LogP contribution in [0.3, 0.4) is 0 Å². The first-order valence-corrected chi connectivity index (χ1v) is 9.74. The minimum atomic E-state index is -3.54. The molecule has 1 aromatic heterocycles. The van der Waals surface area contributed by atoms with Gasteiger partial charge in [0.1, 0.15) is 5.60 Å². The van der Waals surface area contributed by atoms with Crippen LogP contribution in [0, 0.1) is 0 Å². The van der Waals surface area contributed by atoms with Gasteiger partial charge in [-0.2, -0.15) is 4.31 Å². The number of thiazole rings is 1. The minimum absolute atomic E-state index is 0.199. The molecule has 1 aromatic rings. The van der Waals surface area contributed by atoms with Gasteiger partial charge in [0, 0.05) is 26.2 Å². The van der Waals surface area contributed by atoms with Crippen molar-refractivity contribution in [3.8, 4) is 0 Å². The lowest BCUT2D eigenvalue weighted by atomic mass is 10.2. The summed E-state index contributed by atoms with van der Waals surface area (Å²) in [5.74, 6) is 0. The topological polar surface area (TPSA) is 79.8 Å². The van der Waals surface area contributed by atoms with Crippen LogP contribution >= 0.6 is 27.3 Å². The second-order valence-corrected chi connectivity index (χ2v) is 10.3. The number of hydrogen-bond acceptors (Lipinski definition) is 6. The molecule has 0 radical (unpaired) electrons. The maximum Gasteiger partial charge on any atom is 0.410 e. The highest BCUT2D eigenvalue weighted by Crippen LogP contribution is 2.26. The third-order valence-electron chi connectivity index (χ3n) is 2.94. The highest BCUT2D eigenvalue weighted by Gasteiger charge is 2.32. The highest BCUT2D eigenvalue weighted by atomic mass is 79.9. The molecule has 0 aliphatic carbocycles. The SMILES string of the molecule is CC(C)(C)OC(=O)N1CCN(S(=O)(=O)c2cnc(Br)s2)CC1. The van der Waals surface area contributed by atoms with Gasteiger partial charge in [-0.3, -0.25) is 0 Å². The third-order valence-corrected chi connectivity index (χ3v) is 6.75. The molecule has 1 amide bonds. The average molecular weight is 412 g/mol. The molecule has 124 valence electrons. The van der Waals surface area contributed by atoms with Gasteiger partial charge in [-0.1, -0.05) is 11.3 Å². The number of aromatic nitrogens is 1. The maximum atomic E-state index is 12.4. The van der Waals surface area contributed by atoms with E-state index in [1.54, 1.807) is 20.8 Å². The molecule has 7 nitrogen and oxygen atoms in total. The quantitative estimate of drug-likeness (QED) is 0.744. The molecule has 1 aliphatic rings. The van der Waals surface area contributed by atoms with Gasteiger partial charge in [0.15, 0.2) is 8.13 Å². The first-order chi connectivity index (χ1) is 10.1. The summed E-state index contributed by atoms with van der Waals surface area (Å²) in [5.41, 5.74) is -0.560. The van der Waals surface area contributed by atoms with Crippen LogP contribution in [0.15, 0.2) is 14.3 Å². The molecule has 2 heterocycles. The van der Waals surface area contributed by atoms with Crippen molar-refractivity contribution in [1.29, 1.82) is 0 Å². The first-order valence-electron chi connectivity index (χ1n) is 6.69. The van der Waals surface area contributed by atoms with E-state index in [9.17, 15) is 13.2 Å². The van der Waals surface area contributed by atoms with E-state index in [1.807, 2.05) is 0 Å². The largest absolute Gasteiger partial charge is 0.444 e. The summed E-state index contributed by atoms with van der Waals surface area (Å²) in [7, 11) is -3.54. The van der Waals surface area contributed by atoms with Crippen molar-refractivity contribution in [2.75, 3.05) is 26.2 Å². The Hall–Kier alpha value is -0.710. The fourth-order valence-electron chi connectivity index (χ4n) is 1.92. The number of carbonyl (C=O) groups is 1. The molecule has 2 rings (SSSR count). The predicted molar refractivity (Wildman–Crippen MR) is 86.4 cm³/mol. The molecule has 1 aliphatic heterocycles. The third kappa shape index (κ3) is 4.18. The van der Waals surface area contributed by atoms with Crippen molar-refractivity contribution in [2.45, 2.75) is 30.6 Å². The Balaban J connectivity index is 1.99. The van der Waals surface area contributed by atoms with Crippen LogP contribution in [0.2, 0.25) is 0 Å². The molecule has 22 heavy (non-hydrogen) atoms. The first kappa shape index (κ1) is 17.6. The van der Waals surface area contributed by atoms with Gasteiger partial charge in [0.2, 0.25) is 0 Å². The smallest absolute Gasteiger partial charge is 0.410 e. The van der Waals surface area contributed by atoms with Crippen LogP contribution in [-0.2, 0) is 14.8 Å². The van der Waals surface area contributed by atoms with Gasteiger partial charge < -0.3 is 9.64 Å². The number of halogens is 1. The van der Waals surface area contributed by atoms with Crippen molar-refractivity contribution in [1.82, 2.24) is 14.2 Å². The monoisotopic (exact) mass is 411 g/mol. The van der Waals surface area contributed by atoms with E-state index in [-0.39, 0.29) is 17.3 Å². The van der Waals surface area contributed by atoms with E-state index in [1.165, 1.54) is 15.4 Å². The normalized spacial score (nSPS) is 17.5. The summed E-state index contributed by atoms with van der Waals surface area (Å²) in [6.07, 6.45) is 0.926. The van der Waals surface area contributed by atoms with E-state index >= 15 is 0 Å². The molecule has 1 fully saturated rings. The summed E-state index contributed by atoms with van der Waals surface area (Å²) in [6, 6.07) is 0. The molecular formula is C12H18BrN3O4S2. The molecule has 0 spiro atoms. The van der Waals surface area contributed by atoms with Crippen LogP contribution in [0.4, 0.5) is 4.79 Å². The molecule has 0 unspecified atom stereocenters. The molecule has 0 saturated carbocycles. The van der Waals surface area contributed by atoms with Gasteiger partial charge in [-0.05, 0) is 36.7 Å². The van der Waals surface area contributed by atoms with Crippen molar-refractivity contribution in [3.63, 3.8) is 0 Å². The Labute approximate surface area is 142 Å². The number of piperazine rings is 1. The molecule has 0 atom stereocenters. The number of amides is 1. The Bertz CT molecular complexity index is 646. The lowest BCUT2D eigenvalue weighted by Gasteiger charge is -2.34. The Morgan fingerprint density at radius 3 is 2.36 bits per heavy atom. The van der Waals surface area contributed by atoms with E-state index < -0.39 is 21.7 Å². The number of hydrogen-bond donors (Lipinski definition) is 0. The lowest BCUT2D eigenvalue weighted by molar-refractivity contribution is 0.0192. The molecule has 0 bridgehead atoms. The van der Waals surface area contributed by atoms with Crippen LogP contribution < -0.4 is 0 Å². The fourth-order valence-corrected chi connectivity index (χ4v) is 5.31. The van der Waals surface area contributed by atoms with Crippen LogP contribution in [-0.4, -0.2) is 60.5 Å². The van der Waals surface area contributed by atoms with Crippen molar-refractivity contribution in [2.24, 2.45) is 0 Å². The highest BCUT2D eigenvalue weighted by molar-refractivity contribution is 9.11. The van der Waals surface area contributed by atoms with E-state index in [4.69, 9.17) is 4.74 Å². The lowest BCUT2D eigenvalue weighted by Crippen LogP contribution is -2.51. The summed E-state index contributed by atoms with van der Waals surface area (Å²) in [6.45, 7) is 6.52. The number of rotatable bonds is 2. The minimum Gasteiger partial charge on any atom is -0.444 e. The van der Waals surface area contributed by atoms with E-state index in [0.29, 0.717) is 17.0 Å². The zero-order valence-electron chi connectivity index (χ0n) is 12.6. The van der Waals surface area contributed by atoms with E-state index in [2.05, 4.69) is 20.9 Å². The molecule has 10 heteroatoms. The standard InChI is InChI=1S/C12H18BrN3O4S2/c1-12(2,3)20-11(17)15-4-6-16(7-5-15)22(18,19)9-8-14-10(13)21-9/h8H,4-7H2,1-3H3. The summed E-state index contributed by atoms with van der Waals surface area (Å²) in [4.78, 5) is 17.4.